The van der Waals surface area contributed by atoms with Crippen LogP contribution in [0.25, 0.3) is 21.0 Å². The molecule has 0 aliphatic carbocycles. The molecule has 0 bridgehead atoms. The molecule has 1 fully saturated rings. The summed E-state index contributed by atoms with van der Waals surface area (Å²) in [5, 5.41) is 2.13. The lowest BCUT2D eigenvalue weighted by molar-refractivity contribution is 0.0792. The lowest BCUT2D eigenvalue weighted by Crippen LogP contribution is -2.28. The van der Waals surface area contributed by atoms with Gasteiger partial charge >= 0.3 is 0 Å². The predicted molar refractivity (Wildman–Crippen MR) is 126 cm³/mol. The number of nitrogens with zero attached hydrogens (tertiary/aromatic N) is 3. The number of hydrogen-bond acceptors (Lipinski definition) is 3. The Balaban J connectivity index is 1.50. The summed E-state index contributed by atoms with van der Waals surface area (Å²) in [7, 11) is 5.56. The van der Waals surface area contributed by atoms with Crippen LogP contribution in [0.4, 0.5) is 0 Å². The van der Waals surface area contributed by atoms with Gasteiger partial charge in [0, 0.05) is 62.0 Å². The molecule has 5 nitrogen and oxygen atoms in total. The number of para-hydroxylation sites is 1. The van der Waals surface area contributed by atoms with Crippen LogP contribution in [0.1, 0.15) is 37.9 Å². The largest absolute Gasteiger partial charge is 0.350 e. The summed E-state index contributed by atoms with van der Waals surface area (Å²) in [6.07, 6.45) is 2.80. The van der Waals surface area contributed by atoms with Crippen LogP contribution in [0.3, 0.4) is 0 Å². The fourth-order valence-corrected chi connectivity index (χ4v) is 6.01. The molecule has 0 N–H and O–H groups in total. The van der Waals surface area contributed by atoms with Gasteiger partial charge in [0.05, 0.1) is 10.4 Å². The Morgan fingerprint density at radius 1 is 1.03 bits per heavy atom. The summed E-state index contributed by atoms with van der Waals surface area (Å²) < 4.78 is 3.14. The average Bonchev–Trinajstić information content (AvgIpc) is 3.48. The van der Waals surface area contributed by atoms with Crippen molar-refractivity contribution in [2.45, 2.75) is 12.3 Å². The van der Waals surface area contributed by atoms with Gasteiger partial charge in [0.25, 0.3) is 11.8 Å². The minimum absolute atomic E-state index is 0.0371. The van der Waals surface area contributed by atoms with Crippen molar-refractivity contribution in [3.8, 4) is 0 Å². The minimum atomic E-state index is 0.0371. The van der Waals surface area contributed by atoms with E-state index in [1.54, 1.807) is 30.3 Å². The van der Waals surface area contributed by atoms with Crippen LogP contribution in [0.15, 0.2) is 54.7 Å². The molecule has 5 rings (SSSR count). The van der Waals surface area contributed by atoms with E-state index in [0.29, 0.717) is 13.1 Å². The predicted octanol–water partition coefficient (Wildman–Crippen LogP) is 4.72. The van der Waals surface area contributed by atoms with Crippen molar-refractivity contribution in [3.63, 3.8) is 0 Å². The zero-order valence-corrected chi connectivity index (χ0v) is 18.8. The second-order valence-electron chi connectivity index (χ2n) is 8.45. The number of hydrogen-bond donors (Lipinski definition) is 0. The molecule has 0 unspecified atom stereocenters. The van der Waals surface area contributed by atoms with E-state index in [2.05, 4.69) is 12.1 Å². The van der Waals surface area contributed by atoms with Gasteiger partial charge < -0.3 is 14.4 Å². The summed E-state index contributed by atoms with van der Waals surface area (Å²) in [6, 6.07) is 16.2. The number of aryl methyl sites for hydroxylation is 1. The number of amides is 2. The Bertz CT molecular complexity index is 1320. The average molecular weight is 432 g/mol. The highest BCUT2D eigenvalue weighted by Crippen LogP contribution is 2.41. The van der Waals surface area contributed by atoms with E-state index in [9.17, 15) is 9.59 Å². The topological polar surface area (TPSA) is 45.6 Å². The Kier molecular flexibility index (Phi) is 4.82. The van der Waals surface area contributed by atoms with Gasteiger partial charge in [-0.05, 0) is 29.5 Å². The maximum atomic E-state index is 13.4. The smallest absolute Gasteiger partial charge is 0.263 e. The van der Waals surface area contributed by atoms with E-state index in [4.69, 9.17) is 0 Å². The van der Waals surface area contributed by atoms with Gasteiger partial charge in [-0.2, -0.15) is 0 Å². The number of likely N-dealkylation sites (tertiary alicyclic amines) is 1. The Morgan fingerprint density at radius 3 is 2.52 bits per heavy atom. The van der Waals surface area contributed by atoms with Crippen LogP contribution in [0.5, 0.6) is 0 Å². The van der Waals surface area contributed by atoms with E-state index in [-0.39, 0.29) is 17.7 Å². The summed E-state index contributed by atoms with van der Waals surface area (Å²) in [6.45, 7) is 1.34. The number of rotatable bonds is 3. The lowest BCUT2D eigenvalue weighted by atomic mass is 9.95. The van der Waals surface area contributed by atoms with Gasteiger partial charge in [-0.25, -0.2) is 0 Å². The first kappa shape index (κ1) is 19.8. The first-order valence-electron chi connectivity index (χ1n) is 10.5. The molecule has 158 valence electrons. The van der Waals surface area contributed by atoms with Crippen LogP contribution in [0, 0.1) is 0 Å². The Morgan fingerprint density at radius 2 is 1.74 bits per heavy atom. The minimum Gasteiger partial charge on any atom is -0.350 e. The van der Waals surface area contributed by atoms with Crippen LogP contribution < -0.4 is 0 Å². The van der Waals surface area contributed by atoms with Crippen molar-refractivity contribution in [2.75, 3.05) is 27.2 Å². The molecule has 3 heterocycles. The quantitative estimate of drug-likeness (QED) is 0.471. The molecule has 0 saturated carbocycles. The number of thiophene rings is 1. The molecule has 2 aromatic carbocycles. The monoisotopic (exact) mass is 431 g/mol. The highest BCUT2D eigenvalue weighted by molar-refractivity contribution is 7.21. The number of fused-ring (bicyclic) bond motifs is 2. The summed E-state index contributed by atoms with van der Waals surface area (Å²) in [5.41, 5.74) is 2.91. The third-order valence-electron chi connectivity index (χ3n) is 6.25. The molecule has 1 aliphatic rings. The SMILES string of the molecule is CN(C)C(=O)c1sc2ccccc2c1[C@@H]1CCN(C(=O)c2cn(C)c3ccccc23)C1. The molecular formula is C25H25N3O2S. The number of carbonyl (C=O) groups excluding carboxylic acids is 2. The standard InChI is InChI=1S/C25H25N3O2S/c1-26(2)25(30)23-22(18-9-5-7-11-21(18)31-23)16-12-13-28(14-16)24(29)19-15-27(3)20-10-6-4-8-17(19)20/h4-11,15-16H,12-14H2,1-3H3/t16-/m1/s1. The second-order valence-corrected chi connectivity index (χ2v) is 9.50. The Hall–Kier alpha value is -3.12. The van der Waals surface area contributed by atoms with Gasteiger partial charge in [0.2, 0.25) is 0 Å². The lowest BCUT2D eigenvalue weighted by Gasteiger charge is -2.18. The molecular weight excluding hydrogens is 406 g/mol. The van der Waals surface area contributed by atoms with Gasteiger partial charge in [0.1, 0.15) is 0 Å². The molecule has 0 radical (unpaired) electrons. The molecule has 6 heteroatoms. The number of aromatic nitrogens is 1. The molecule has 2 aromatic heterocycles. The fourth-order valence-electron chi connectivity index (χ4n) is 4.70. The summed E-state index contributed by atoms with van der Waals surface area (Å²) >= 11 is 1.56. The van der Waals surface area contributed by atoms with Crippen LogP contribution in [0.2, 0.25) is 0 Å². The van der Waals surface area contributed by atoms with Gasteiger partial charge in [0.15, 0.2) is 0 Å². The van der Waals surface area contributed by atoms with Crippen LogP contribution in [-0.4, -0.2) is 53.4 Å². The Labute approximate surface area is 185 Å². The number of carbonyl (C=O) groups is 2. The van der Waals surface area contributed by atoms with Gasteiger partial charge in [-0.15, -0.1) is 11.3 Å². The maximum absolute atomic E-state index is 13.4. The normalized spacial score (nSPS) is 16.4. The van der Waals surface area contributed by atoms with E-state index < -0.39 is 0 Å². The highest BCUT2D eigenvalue weighted by atomic mass is 32.1. The van der Waals surface area contributed by atoms with Crippen molar-refractivity contribution in [3.05, 3.63) is 70.7 Å². The molecule has 1 saturated heterocycles. The van der Waals surface area contributed by atoms with Crippen molar-refractivity contribution >= 4 is 44.1 Å². The number of benzene rings is 2. The van der Waals surface area contributed by atoms with Gasteiger partial charge in [-0.3, -0.25) is 9.59 Å². The van der Waals surface area contributed by atoms with E-state index >= 15 is 0 Å². The summed E-state index contributed by atoms with van der Waals surface area (Å²) in [4.78, 5) is 30.7. The fraction of sp³-hybridized carbons (Fsp3) is 0.280. The zero-order valence-electron chi connectivity index (χ0n) is 18.0. The van der Waals surface area contributed by atoms with Crippen molar-refractivity contribution in [2.24, 2.45) is 7.05 Å². The molecule has 0 spiro atoms. The first-order chi connectivity index (χ1) is 15.0. The highest BCUT2D eigenvalue weighted by Gasteiger charge is 2.34. The maximum Gasteiger partial charge on any atom is 0.263 e. The first-order valence-corrected chi connectivity index (χ1v) is 11.3. The van der Waals surface area contributed by atoms with Gasteiger partial charge in [-0.1, -0.05) is 36.4 Å². The molecule has 31 heavy (non-hydrogen) atoms. The van der Waals surface area contributed by atoms with Crippen molar-refractivity contribution in [1.82, 2.24) is 14.4 Å². The van der Waals surface area contributed by atoms with E-state index in [0.717, 1.165) is 43.4 Å². The third-order valence-corrected chi connectivity index (χ3v) is 7.42. The zero-order chi connectivity index (χ0) is 21.7. The van der Waals surface area contributed by atoms with Crippen LogP contribution >= 0.6 is 11.3 Å². The second kappa shape index (κ2) is 7.54. The van der Waals surface area contributed by atoms with Crippen LogP contribution in [-0.2, 0) is 7.05 Å². The molecule has 1 atom stereocenters. The summed E-state index contributed by atoms with van der Waals surface area (Å²) in [5.74, 6) is 0.267. The van der Waals surface area contributed by atoms with Crippen molar-refractivity contribution < 1.29 is 9.59 Å². The van der Waals surface area contributed by atoms with E-state index in [1.807, 2.05) is 59.1 Å². The van der Waals surface area contributed by atoms with E-state index in [1.165, 1.54) is 0 Å². The van der Waals surface area contributed by atoms with Crippen molar-refractivity contribution in [1.29, 1.82) is 0 Å². The molecule has 2 amide bonds. The third kappa shape index (κ3) is 3.22. The molecule has 1 aliphatic heterocycles. The molecule has 4 aromatic rings.